The van der Waals surface area contributed by atoms with E-state index in [1.165, 1.54) is 0 Å². The Balaban J connectivity index is 0.819. The van der Waals surface area contributed by atoms with Crippen molar-refractivity contribution in [2.24, 2.45) is 5.92 Å². The van der Waals surface area contributed by atoms with Gasteiger partial charge in [-0.25, -0.2) is 9.97 Å². The number of ether oxygens (including phenoxy) is 12. The van der Waals surface area contributed by atoms with E-state index in [1.54, 1.807) is 0 Å². The SMILES string of the molecule is CC(COCCC(=O)NCCOCCOCCOCCOC[C@H]1OC[C@H](Nc2cncc(C(F)(F)F)n2)[C@@H](O)[C@H]1O)COCCC(=O)NCCOCCOCCOCCOC[C@H]1OC[C@H](Nc2cncc(C(F)(F)F)n2)[C@@H](O)[C@H]1O. The molecule has 4 rings (SSSR count). The number of hydrogen-bond donors (Lipinski definition) is 8. The molecule has 0 bridgehead atoms. The van der Waals surface area contributed by atoms with Gasteiger partial charge in [-0.3, -0.25) is 19.6 Å². The summed E-state index contributed by atoms with van der Waals surface area (Å²) in [5.74, 6) is -0.760. The maximum absolute atomic E-state index is 12.9. The molecule has 0 radical (unpaired) electrons. The molecule has 458 valence electrons. The van der Waals surface area contributed by atoms with Gasteiger partial charge in [0.1, 0.15) is 48.3 Å². The molecule has 4 heterocycles. The number of carbonyl (C=O) groups excluding carboxylic acids is 2. The molecular weight excluding hydrogens is 1090 g/mol. The van der Waals surface area contributed by atoms with Crippen LogP contribution < -0.4 is 21.3 Å². The number of carbonyl (C=O) groups is 2. The molecule has 0 saturated carbocycles. The number of aliphatic hydroxyl groups excluding tert-OH is 4. The van der Waals surface area contributed by atoms with Crippen LogP contribution in [0.3, 0.4) is 0 Å². The molecule has 2 aliphatic heterocycles. The van der Waals surface area contributed by atoms with Gasteiger partial charge in [-0.15, -0.1) is 0 Å². The molecule has 0 aliphatic carbocycles. The summed E-state index contributed by atoms with van der Waals surface area (Å²) in [6, 6.07) is -1.86. The molecule has 2 fully saturated rings. The van der Waals surface area contributed by atoms with E-state index >= 15 is 0 Å². The Hall–Kier alpha value is -4.36. The van der Waals surface area contributed by atoms with Crippen molar-refractivity contribution >= 4 is 23.5 Å². The molecule has 2 aromatic heterocycles. The number of hydrogen-bond acceptors (Lipinski definition) is 24. The summed E-state index contributed by atoms with van der Waals surface area (Å²) in [5, 5.41) is 52.6. The Morgan fingerprint density at radius 3 is 1.20 bits per heavy atom. The van der Waals surface area contributed by atoms with E-state index in [2.05, 4.69) is 41.2 Å². The third-order valence-corrected chi connectivity index (χ3v) is 11.5. The zero-order valence-electron chi connectivity index (χ0n) is 44.5. The number of halogens is 6. The summed E-state index contributed by atoms with van der Waals surface area (Å²) < 4.78 is 144. The average molecular weight is 1170 g/mol. The minimum atomic E-state index is -4.69. The van der Waals surface area contributed by atoms with Crippen LogP contribution in [-0.4, -0.2) is 259 Å². The van der Waals surface area contributed by atoms with Gasteiger partial charge >= 0.3 is 12.4 Å². The maximum atomic E-state index is 12.9. The highest BCUT2D eigenvalue weighted by Gasteiger charge is 2.41. The fraction of sp³-hybridized carbons (Fsp3) is 0.792. The van der Waals surface area contributed by atoms with Crippen molar-refractivity contribution in [2.75, 3.05) is 169 Å². The van der Waals surface area contributed by atoms with Gasteiger partial charge in [-0.05, 0) is 0 Å². The smallest absolute Gasteiger partial charge is 0.388 e. The van der Waals surface area contributed by atoms with Gasteiger partial charge in [0.25, 0.3) is 0 Å². The molecule has 2 amide bonds. The van der Waals surface area contributed by atoms with Crippen LogP contribution in [0.2, 0.25) is 0 Å². The number of amides is 2. The lowest BCUT2D eigenvalue weighted by Crippen LogP contribution is -2.57. The fourth-order valence-corrected chi connectivity index (χ4v) is 7.20. The van der Waals surface area contributed by atoms with E-state index in [-0.39, 0.29) is 121 Å². The van der Waals surface area contributed by atoms with Gasteiger partial charge in [0.15, 0.2) is 11.4 Å². The Morgan fingerprint density at radius 2 is 0.850 bits per heavy atom. The Kier molecular flexibility index (Phi) is 32.7. The largest absolute Gasteiger partial charge is 0.434 e. The highest BCUT2D eigenvalue weighted by Crippen LogP contribution is 2.29. The number of anilines is 2. The van der Waals surface area contributed by atoms with Gasteiger partial charge < -0.3 is 98.5 Å². The molecule has 8 N–H and O–H groups in total. The van der Waals surface area contributed by atoms with Crippen LogP contribution in [0.5, 0.6) is 0 Å². The Labute approximate surface area is 458 Å². The van der Waals surface area contributed by atoms with Crippen LogP contribution >= 0.6 is 0 Å². The van der Waals surface area contributed by atoms with Gasteiger partial charge in [-0.1, -0.05) is 6.92 Å². The Bertz CT molecular complexity index is 1860. The lowest BCUT2D eigenvalue weighted by molar-refractivity contribution is -0.161. The summed E-state index contributed by atoms with van der Waals surface area (Å²) >= 11 is 0. The van der Waals surface area contributed by atoms with Crippen molar-refractivity contribution in [1.82, 2.24) is 30.6 Å². The third-order valence-electron chi connectivity index (χ3n) is 11.5. The van der Waals surface area contributed by atoms with Crippen molar-refractivity contribution in [1.29, 1.82) is 0 Å². The zero-order chi connectivity index (χ0) is 58.0. The normalized spacial score (nSPS) is 21.6. The van der Waals surface area contributed by atoms with Crippen LogP contribution in [0.15, 0.2) is 24.8 Å². The van der Waals surface area contributed by atoms with Gasteiger partial charge in [-0.2, -0.15) is 26.3 Å². The molecule has 2 saturated heterocycles. The minimum Gasteiger partial charge on any atom is -0.388 e. The van der Waals surface area contributed by atoms with E-state index in [9.17, 15) is 56.4 Å². The molecule has 2 aliphatic rings. The number of alkyl halides is 6. The molecule has 2 aromatic rings. The lowest BCUT2D eigenvalue weighted by Gasteiger charge is -2.38. The summed E-state index contributed by atoms with van der Waals surface area (Å²) in [5.41, 5.74) is -2.40. The lowest BCUT2D eigenvalue weighted by atomic mass is 9.98. The van der Waals surface area contributed by atoms with E-state index < -0.39 is 72.4 Å². The average Bonchev–Trinajstić information content (AvgIpc) is 3.42. The molecule has 80 heavy (non-hydrogen) atoms. The summed E-state index contributed by atoms with van der Waals surface area (Å²) in [7, 11) is 0. The Morgan fingerprint density at radius 1 is 0.512 bits per heavy atom. The molecule has 0 spiro atoms. The molecule has 0 unspecified atom stereocenters. The highest BCUT2D eigenvalue weighted by molar-refractivity contribution is 5.76. The number of nitrogens with one attached hydrogen (secondary N) is 4. The van der Waals surface area contributed by atoms with Crippen LogP contribution in [0, 0.1) is 5.92 Å². The first-order valence-corrected chi connectivity index (χ1v) is 26.0. The highest BCUT2D eigenvalue weighted by atomic mass is 19.4. The monoisotopic (exact) mass is 1170 g/mol. The number of aliphatic hydroxyl groups is 4. The van der Waals surface area contributed by atoms with Gasteiger partial charge in [0.2, 0.25) is 11.8 Å². The van der Waals surface area contributed by atoms with Crippen LogP contribution in [0.25, 0.3) is 0 Å². The first-order valence-electron chi connectivity index (χ1n) is 26.0. The first kappa shape index (κ1) is 68.1. The second-order valence-electron chi connectivity index (χ2n) is 18.1. The minimum absolute atomic E-state index is 0.0463. The molecule has 26 nitrogen and oxygen atoms in total. The number of aromatic nitrogens is 4. The van der Waals surface area contributed by atoms with E-state index in [0.29, 0.717) is 91.6 Å². The van der Waals surface area contributed by atoms with Crippen LogP contribution in [-0.2, 0) is 78.8 Å². The van der Waals surface area contributed by atoms with Crippen molar-refractivity contribution < 1.29 is 113 Å². The summed E-state index contributed by atoms with van der Waals surface area (Å²) in [4.78, 5) is 38.1. The summed E-state index contributed by atoms with van der Waals surface area (Å²) in [6.07, 6.45) is -12.9. The molecule has 0 aromatic carbocycles. The predicted octanol–water partition coefficient (Wildman–Crippen LogP) is -0.379. The topological polar surface area (TPSA) is 325 Å². The number of rotatable bonds is 42. The summed E-state index contributed by atoms with van der Waals surface area (Å²) in [6.45, 7) is 7.28. The predicted molar refractivity (Wildman–Crippen MR) is 265 cm³/mol. The first-order chi connectivity index (χ1) is 38.4. The van der Waals surface area contributed by atoms with Crippen molar-refractivity contribution in [2.45, 2.75) is 80.8 Å². The van der Waals surface area contributed by atoms with Crippen molar-refractivity contribution in [3.63, 3.8) is 0 Å². The zero-order valence-corrected chi connectivity index (χ0v) is 44.5. The van der Waals surface area contributed by atoms with E-state index in [0.717, 1.165) is 12.4 Å². The number of nitrogens with zero attached hydrogens (tertiary/aromatic N) is 4. The second kappa shape index (κ2) is 38.4. The molecule has 8 atom stereocenters. The van der Waals surface area contributed by atoms with Gasteiger partial charge in [0.05, 0.1) is 182 Å². The van der Waals surface area contributed by atoms with E-state index in [4.69, 9.17) is 56.8 Å². The quantitative estimate of drug-likeness (QED) is 0.0310. The fourth-order valence-electron chi connectivity index (χ4n) is 7.20. The van der Waals surface area contributed by atoms with Crippen LogP contribution in [0.4, 0.5) is 38.0 Å². The van der Waals surface area contributed by atoms with Crippen LogP contribution in [0.1, 0.15) is 31.2 Å². The third kappa shape index (κ3) is 28.1. The van der Waals surface area contributed by atoms with Gasteiger partial charge in [0, 0.05) is 31.8 Å². The maximum Gasteiger partial charge on any atom is 0.434 e. The molecule has 32 heteroatoms. The standard InChI is InChI=1S/C48H76F6N8O18/c1-32(26-75-6-2-41(63)57-4-8-69-10-12-71-14-16-73-18-20-77-30-35-45(67)43(65)33(28-79-35)59-39-24-55-22-37(61-39)47(49,50)51)27-76-7-3-42(64)58-5-9-70-11-13-72-15-17-74-19-21-78-31-36-46(68)44(66)34(29-80-36)60-40-25-56-23-38(62-40)48(52,53)54/h22-25,32-36,43-46,65-68H,2-21,26-31H2,1H3,(H,57,63)(H,58,64)(H,59,61)(H,60,62)/t33-,34-,35+,36+,43+,44+,45-,46-/m0/s1. The van der Waals surface area contributed by atoms with E-state index in [1.807, 2.05) is 6.92 Å². The second-order valence-corrected chi connectivity index (χ2v) is 18.1. The van der Waals surface area contributed by atoms with Crippen molar-refractivity contribution in [3.8, 4) is 0 Å². The molecular formula is C48H76F6N8O18. The van der Waals surface area contributed by atoms with Crippen molar-refractivity contribution in [3.05, 3.63) is 36.2 Å².